The summed E-state index contributed by atoms with van der Waals surface area (Å²) in [6, 6.07) is -0.0448. The van der Waals surface area contributed by atoms with Gasteiger partial charge in [0, 0.05) is 19.1 Å². The van der Waals surface area contributed by atoms with Crippen LogP contribution in [0.1, 0.15) is 32.6 Å². The predicted molar refractivity (Wildman–Crippen MR) is 69.0 cm³/mol. The van der Waals surface area contributed by atoms with E-state index in [0.29, 0.717) is 26.3 Å². The first kappa shape index (κ1) is 14.1. The molecule has 2 rings (SSSR count). The van der Waals surface area contributed by atoms with E-state index in [1.54, 1.807) is 4.90 Å². The van der Waals surface area contributed by atoms with Gasteiger partial charge in [-0.25, -0.2) is 4.79 Å². The minimum atomic E-state index is -0.835. The fourth-order valence-electron chi connectivity index (χ4n) is 2.91. The predicted octanol–water partition coefficient (Wildman–Crippen LogP) is 1.16. The van der Waals surface area contributed by atoms with Crippen molar-refractivity contribution in [2.75, 3.05) is 26.3 Å². The van der Waals surface area contributed by atoms with Crippen molar-refractivity contribution in [3.8, 4) is 0 Å². The Balaban J connectivity index is 2.02. The van der Waals surface area contributed by atoms with E-state index in [0.717, 1.165) is 19.3 Å². The number of amides is 2. The number of morpholine rings is 1. The number of carboxylic acid groups (broad SMARTS) is 1. The molecule has 0 aromatic carbocycles. The van der Waals surface area contributed by atoms with Gasteiger partial charge in [-0.2, -0.15) is 0 Å². The molecule has 0 aromatic heterocycles. The molecule has 2 unspecified atom stereocenters. The van der Waals surface area contributed by atoms with E-state index in [-0.39, 0.29) is 24.5 Å². The standard InChI is InChI=1S/C13H22N2O4/c1-2-10-9-19-7-6-15(10)13(18)14-5-3-4-11(14)8-12(16)17/h10-11H,2-9H2,1H3,(H,16,17). The number of carboxylic acids is 1. The highest BCUT2D eigenvalue weighted by Crippen LogP contribution is 2.23. The molecular weight excluding hydrogens is 248 g/mol. The van der Waals surface area contributed by atoms with Crippen LogP contribution >= 0.6 is 0 Å². The second-order valence-electron chi connectivity index (χ2n) is 5.20. The number of rotatable bonds is 3. The smallest absolute Gasteiger partial charge is 0.320 e. The zero-order valence-electron chi connectivity index (χ0n) is 11.4. The average molecular weight is 270 g/mol. The Morgan fingerprint density at radius 2 is 2.00 bits per heavy atom. The Labute approximate surface area is 113 Å². The fraction of sp³-hybridized carbons (Fsp3) is 0.846. The quantitative estimate of drug-likeness (QED) is 0.835. The molecule has 2 saturated heterocycles. The normalized spacial score (nSPS) is 27.6. The molecule has 0 radical (unpaired) electrons. The first-order valence-corrected chi connectivity index (χ1v) is 7.00. The lowest BCUT2D eigenvalue weighted by molar-refractivity contribution is -0.138. The maximum atomic E-state index is 12.6. The van der Waals surface area contributed by atoms with Crippen molar-refractivity contribution in [2.45, 2.75) is 44.7 Å². The molecule has 6 heteroatoms. The van der Waals surface area contributed by atoms with Crippen LogP contribution in [0.2, 0.25) is 0 Å². The van der Waals surface area contributed by atoms with Gasteiger partial charge in [0.15, 0.2) is 0 Å². The van der Waals surface area contributed by atoms with Crippen LogP contribution in [-0.4, -0.2) is 65.3 Å². The third kappa shape index (κ3) is 3.18. The number of hydrogen-bond acceptors (Lipinski definition) is 3. The second-order valence-corrected chi connectivity index (χ2v) is 5.20. The van der Waals surface area contributed by atoms with Crippen molar-refractivity contribution in [2.24, 2.45) is 0 Å². The number of carbonyl (C=O) groups is 2. The topological polar surface area (TPSA) is 70.1 Å². The third-order valence-electron chi connectivity index (χ3n) is 3.98. The van der Waals surface area contributed by atoms with Crippen LogP contribution < -0.4 is 0 Å². The van der Waals surface area contributed by atoms with Gasteiger partial charge in [-0.05, 0) is 19.3 Å². The Morgan fingerprint density at radius 1 is 1.26 bits per heavy atom. The van der Waals surface area contributed by atoms with E-state index in [1.807, 2.05) is 11.8 Å². The number of nitrogens with zero attached hydrogens (tertiary/aromatic N) is 2. The zero-order valence-corrected chi connectivity index (χ0v) is 11.4. The molecule has 2 heterocycles. The lowest BCUT2D eigenvalue weighted by atomic mass is 10.1. The van der Waals surface area contributed by atoms with Crippen molar-refractivity contribution in [1.29, 1.82) is 0 Å². The maximum Gasteiger partial charge on any atom is 0.320 e. The molecule has 0 aliphatic carbocycles. The van der Waals surface area contributed by atoms with Gasteiger partial charge in [-0.15, -0.1) is 0 Å². The summed E-state index contributed by atoms with van der Waals surface area (Å²) in [6.07, 6.45) is 2.60. The minimum Gasteiger partial charge on any atom is -0.481 e. The van der Waals surface area contributed by atoms with Crippen LogP contribution in [0.15, 0.2) is 0 Å². The summed E-state index contributed by atoms with van der Waals surface area (Å²) in [5.74, 6) is -0.835. The SMILES string of the molecule is CCC1COCCN1C(=O)N1CCCC1CC(=O)O. The van der Waals surface area contributed by atoms with E-state index in [1.165, 1.54) is 0 Å². The third-order valence-corrected chi connectivity index (χ3v) is 3.98. The van der Waals surface area contributed by atoms with Gasteiger partial charge in [0.25, 0.3) is 0 Å². The molecule has 2 aliphatic rings. The lowest BCUT2D eigenvalue weighted by Gasteiger charge is -2.39. The van der Waals surface area contributed by atoms with Gasteiger partial charge in [0.2, 0.25) is 0 Å². The molecule has 2 amide bonds. The van der Waals surface area contributed by atoms with Crippen molar-refractivity contribution >= 4 is 12.0 Å². The molecule has 0 bridgehead atoms. The number of likely N-dealkylation sites (tertiary alicyclic amines) is 1. The number of urea groups is 1. The fourth-order valence-corrected chi connectivity index (χ4v) is 2.91. The van der Waals surface area contributed by atoms with E-state index in [9.17, 15) is 9.59 Å². The Hall–Kier alpha value is -1.30. The first-order chi connectivity index (χ1) is 9.13. The Bertz CT molecular complexity index is 348. The molecule has 2 aliphatic heterocycles. The first-order valence-electron chi connectivity index (χ1n) is 7.00. The van der Waals surface area contributed by atoms with E-state index in [2.05, 4.69) is 0 Å². The largest absolute Gasteiger partial charge is 0.481 e. The summed E-state index contributed by atoms with van der Waals surface area (Å²) in [6.45, 7) is 4.47. The van der Waals surface area contributed by atoms with Crippen LogP contribution in [0.4, 0.5) is 4.79 Å². The molecule has 0 saturated carbocycles. The monoisotopic (exact) mass is 270 g/mol. The summed E-state index contributed by atoms with van der Waals surface area (Å²) in [7, 11) is 0. The summed E-state index contributed by atoms with van der Waals surface area (Å²) >= 11 is 0. The summed E-state index contributed by atoms with van der Waals surface area (Å²) in [4.78, 5) is 27.0. The molecule has 2 atom stereocenters. The molecule has 0 spiro atoms. The Kier molecular flexibility index (Phi) is 4.63. The van der Waals surface area contributed by atoms with Gasteiger partial charge in [-0.1, -0.05) is 6.92 Å². The van der Waals surface area contributed by atoms with E-state index >= 15 is 0 Å². The van der Waals surface area contributed by atoms with Crippen molar-refractivity contribution in [1.82, 2.24) is 9.80 Å². The average Bonchev–Trinajstić information content (AvgIpc) is 2.85. The highest BCUT2D eigenvalue weighted by atomic mass is 16.5. The Morgan fingerprint density at radius 3 is 2.68 bits per heavy atom. The summed E-state index contributed by atoms with van der Waals surface area (Å²) in [5, 5.41) is 8.91. The van der Waals surface area contributed by atoms with Gasteiger partial charge in [0.1, 0.15) is 0 Å². The van der Waals surface area contributed by atoms with Crippen molar-refractivity contribution < 1.29 is 19.4 Å². The van der Waals surface area contributed by atoms with Crippen molar-refractivity contribution in [3.05, 3.63) is 0 Å². The molecule has 108 valence electrons. The van der Waals surface area contributed by atoms with Crippen LogP contribution in [0, 0.1) is 0 Å². The number of carbonyl (C=O) groups excluding carboxylic acids is 1. The number of hydrogen-bond donors (Lipinski definition) is 1. The van der Waals surface area contributed by atoms with Gasteiger partial charge in [-0.3, -0.25) is 4.79 Å². The lowest BCUT2D eigenvalue weighted by Crippen LogP contribution is -2.54. The number of aliphatic carboxylic acids is 1. The van der Waals surface area contributed by atoms with Crippen molar-refractivity contribution in [3.63, 3.8) is 0 Å². The van der Waals surface area contributed by atoms with Crippen LogP contribution in [0.3, 0.4) is 0 Å². The maximum absolute atomic E-state index is 12.6. The highest BCUT2D eigenvalue weighted by molar-refractivity contribution is 5.77. The highest BCUT2D eigenvalue weighted by Gasteiger charge is 2.36. The van der Waals surface area contributed by atoms with Crippen LogP contribution in [0.25, 0.3) is 0 Å². The van der Waals surface area contributed by atoms with E-state index < -0.39 is 5.97 Å². The van der Waals surface area contributed by atoms with Crippen LogP contribution in [0.5, 0.6) is 0 Å². The minimum absolute atomic E-state index is 0.0149. The zero-order chi connectivity index (χ0) is 13.8. The molecular formula is C13H22N2O4. The van der Waals surface area contributed by atoms with Crippen LogP contribution in [-0.2, 0) is 9.53 Å². The summed E-state index contributed by atoms with van der Waals surface area (Å²) < 4.78 is 5.40. The van der Waals surface area contributed by atoms with Gasteiger partial charge in [0.05, 0.1) is 25.7 Å². The second kappa shape index (κ2) is 6.23. The molecule has 1 N–H and O–H groups in total. The molecule has 2 fully saturated rings. The van der Waals surface area contributed by atoms with Gasteiger partial charge < -0.3 is 19.6 Å². The summed E-state index contributed by atoms with van der Waals surface area (Å²) in [5.41, 5.74) is 0. The molecule has 19 heavy (non-hydrogen) atoms. The molecule has 6 nitrogen and oxygen atoms in total. The van der Waals surface area contributed by atoms with E-state index in [4.69, 9.17) is 9.84 Å². The van der Waals surface area contributed by atoms with Gasteiger partial charge >= 0.3 is 12.0 Å². The number of ether oxygens (including phenoxy) is 1. The molecule has 0 aromatic rings.